The highest BCUT2D eigenvalue weighted by Gasteiger charge is 2.69. The molecule has 8 atom stereocenters. The standard InChI is InChI=1S/C40H64BNO5/c1-25(31(43)45-13)42-32(44)40-22-20-33(2,3)24-27(40)26-14-15-29-37(10)18-17-30(41-46-35(6,7)36(8,9)47-41)34(4,5)28(37)16-19-39(29,12)38(26,11)21-23-40/h14,17,25,27-29H,15-16,18-24H2,1-13H3,(H,42,44)/t25?,27-,28-,29+,37-,38+,39+,40-/m0/s1. The zero-order chi connectivity index (χ0) is 34.8. The van der Waals surface area contributed by atoms with Crippen molar-refractivity contribution in [3.8, 4) is 0 Å². The molecule has 0 aromatic carbocycles. The van der Waals surface area contributed by atoms with Crippen molar-refractivity contribution in [1.29, 1.82) is 0 Å². The van der Waals surface area contributed by atoms with Gasteiger partial charge in [-0.1, -0.05) is 66.2 Å². The first-order valence-electron chi connectivity index (χ1n) is 18.7. The maximum absolute atomic E-state index is 14.3. The molecule has 5 aliphatic carbocycles. The van der Waals surface area contributed by atoms with E-state index < -0.39 is 11.5 Å². The predicted octanol–water partition coefficient (Wildman–Crippen LogP) is 8.63. The summed E-state index contributed by atoms with van der Waals surface area (Å²) < 4.78 is 18.3. The third-order valence-corrected chi connectivity index (χ3v) is 16.1. The van der Waals surface area contributed by atoms with Gasteiger partial charge in [0.25, 0.3) is 0 Å². The molecule has 1 unspecified atom stereocenters. The topological polar surface area (TPSA) is 73.9 Å². The van der Waals surface area contributed by atoms with Gasteiger partial charge in [-0.15, -0.1) is 0 Å². The van der Waals surface area contributed by atoms with Crippen LogP contribution in [0.5, 0.6) is 0 Å². The van der Waals surface area contributed by atoms with Crippen LogP contribution in [0.25, 0.3) is 0 Å². The van der Waals surface area contributed by atoms with Crippen LogP contribution in [-0.2, 0) is 23.6 Å². The van der Waals surface area contributed by atoms with Gasteiger partial charge < -0.3 is 19.4 Å². The smallest absolute Gasteiger partial charge is 0.467 e. The molecule has 1 aliphatic heterocycles. The molecule has 0 radical (unpaired) electrons. The van der Waals surface area contributed by atoms with E-state index >= 15 is 0 Å². The molecule has 1 amide bonds. The summed E-state index contributed by atoms with van der Waals surface area (Å²) in [6.07, 6.45) is 14.4. The van der Waals surface area contributed by atoms with E-state index in [0.717, 1.165) is 44.9 Å². The Balaban J connectivity index is 1.36. The highest BCUT2D eigenvalue weighted by Crippen LogP contribution is 2.76. The molecule has 1 heterocycles. The largest absolute Gasteiger partial charge is 0.490 e. The van der Waals surface area contributed by atoms with Gasteiger partial charge in [-0.2, -0.15) is 0 Å². The fraction of sp³-hybridized carbons (Fsp3) is 0.850. The van der Waals surface area contributed by atoms with Crippen LogP contribution in [0, 0.1) is 50.2 Å². The number of carbonyl (C=O) groups excluding carboxylic acids is 2. The molecule has 6 nitrogen and oxygen atoms in total. The minimum atomic E-state index is -0.645. The lowest BCUT2D eigenvalue weighted by molar-refractivity contribution is -0.170. The summed E-state index contributed by atoms with van der Waals surface area (Å²) in [7, 11) is 1.10. The number of carbonyl (C=O) groups is 2. The van der Waals surface area contributed by atoms with Crippen LogP contribution >= 0.6 is 0 Å². The molecule has 0 aromatic rings. The number of nitrogens with one attached hydrogen (secondary N) is 1. The maximum Gasteiger partial charge on any atom is 0.490 e. The zero-order valence-corrected chi connectivity index (χ0v) is 31.9. The molecule has 3 saturated carbocycles. The highest BCUT2D eigenvalue weighted by atomic mass is 16.7. The maximum atomic E-state index is 14.3. The third kappa shape index (κ3) is 4.84. The first-order chi connectivity index (χ1) is 21.5. The summed E-state index contributed by atoms with van der Waals surface area (Å²) in [5, 5.41) is 3.11. The highest BCUT2D eigenvalue weighted by molar-refractivity contribution is 6.55. The summed E-state index contributed by atoms with van der Waals surface area (Å²) >= 11 is 0. The number of amides is 1. The van der Waals surface area contributed by atoms with Crippen molar-refractivity contribution < 1.29 is 23.6 Å². The average molecular weight is 650 g/mol. The molecule has 1 N–H and O–H groups in total. The predicted molar refractivity (Wildman–Crippen MR) is 188 cm³/mol. The van der Waals surface area contributed by atoms with Gasteiger partial charge in [-0.25, -0.2) is 4.79 Å². The molecule has 1 saturated heterocycles. The van der Waals surface area contributed by atoms with Crippen molar-refractivity contribution >= 4 is 19.0 Å². The monoisotopic (exact) mass is 649 g/mol. The Hall–Kier alpha value is -1.60. The lowest BCUT2D eigenvalue weighted by Gasteiger charge is -2.70. The van der Waals surface area contributed by atoms with E-state index in [4.69, 9.17) is 14.0 Å². The number of allylic oxidation sites excluding steroid dienone is 4. The molecule has 6 rings (SSSR count). The lowest BCUT2D eigenvalue weighted by Crippen LogP contribution is -2.65. The second-order valence-corrected chi connectivity index (χ2v) is 19.8. The molecular weight excluding hydrogens is 585 g/mol. The Morgan fingerprint density at radius 2 is 1.49 bits per heavy atom. The normalized spacial score (nSPS) is 43.2. The number of ether oxygens (including phenoxy) is 1. The lowest BCUT2D eigenvalue weighted by atomic mass is 9.33. The van der Waals surface area contributed by atoms with E-state index in [9.17, 15) is 9.59 Å². The average Bonchev–Trinajstić information content (AvgIpc) is 3.17. The fourth-order valence-corrected chi connectivity index (χ4v) is 12.2. The Morgan fingerprint density at radius 1 is 0.872 bits per heavy atom. The van der Waals surface area contributed by atoms with Crippen molar-refractivity contribution in [3.63, 3.8) is 0 Å². The summed E-state index contributed by atoms with van der Waals surface area (Å²) in [5.74, 6) is 0.945. The van der Waals surface area contributed by atoms with Gasteiger partial charge in [0.05, 0.1) is 23.7 Å². The quantitative estimate of drug-likeness (QED) is 0.188. The molecule has 6 aliphatic rings. The summed E-state index contributed by atoms with van der Waals surface area (Å²) in [4.78, 5) is 26.6. The van der Waals surface area contributed by atoms with Crippen molar-refractivity contribution in [3.05, 3.63) is 23.2 Å². The van der Waals surface area contributed by atoms with Gasteiger partial charge >= 0.3 is 13.1 Å². The van der Waals surface area contributed by atoms with Crippen LogP contribution < -0.4 is 5.32 Å². The van der Waals surface area contributed by atoms with E-state index in [2.05, 4.69) is 93.6 Å². The minimum Gasteiger partial charge on any atom is -0.467 e. The van der Waals surface area contributed by atoms with Gasteiger partial charge in [-0.3, -0.25) is 4.79 Å². The SMILES string of the molecule is COC(=O)C(C)NC(=O)[C@]12CCC(C)(C)C[C@H]1C1=CC[C@@H]3[C@@]4(C)CC=C(B5OC(C)(C)C(C)(C)O5)C(C)(C)[C@@H]4CC[C@@]3(C)[C@]1(C)CC2. The van der Waals surface area contributed by atoms with Gasteiger partial charge in [-0.05, 0) is 143 Å². The second-order valence-electron chi connectivity index (χ2n) is 19.8. The van der Waals surface area contributed by atoms with Crippen LogP contribution in [0.3, 0.4) is 0 Å². The molecule has 47 heavy (non-hydrogen) atoms. The van der Waals surface area contributed by atoms with Gasteiger partial charge in [0, 0.05) is 0 Å². The van der Waals surface area contributed by atoms with Crippen LogP contribution in [0.1, 0.15) is 141 Å². The number of esters is 1. The van der Waals surface area contributed by atoms with Crippen LogP contribution in [0.2, 0.25) is 0 Å². The summed E-state index contributed by atoms with van der Waals surface area (Å²) in [6, 6.07) is -0.645. The Kier molecular flexibility index (Phi) is 8.03. The molecular formula is C40H64BNO5. The minimum absolute atomic E-state index is 0.0274. The second kappa shape index (κ2) is 10.7. The number of rotatable bonds is 4. The van der Waals surface area contributed by atoms with Crippen LogP contribution in [0.4, 0.5) is 0 Å². The van der Waals surface area contributed by atoms with Gasteiger partial charge in [0.1, 0.15) is 6.04 Å². The van der Waals surface area contributed by atoms with Crippen LogP contribution in [0.15, 0.2) is 23.2 Å². The first-order valence-corrected chi connectivity index (χ1v) is 18.7. The first kappa shape index (κ1) is 35.2. The molecule has 262 valence electrons. The number of methoxy groups -OCH3 is 1. The van der Waals surface area contributed by atoms with Crippen molar-refractivity contribution in [2.75, 3.05) is 7.11 Å². The fourth-order valence-electron chi connectivity index (χ4n) is 12.2. The Morgan fingerprint density at radius 3 is 2.11 bits per heavy atom. The van der Waals surface area contributed by atoms with Gasteiger partial charge in [0.15, 0.2) is 0 Å². The molecule has 0 spiro atoms. The van der Waals surface area contributed by atoms with Crippen molar-refractivity contribution in [1.82, 2.24) is 5.32 Å². The summed E-state index contributed by atoms with van der Waals surface area (Å²) in [5.41, 5.74) is 2.16. The molecule has 4 fully saturated rings. The van der Waals surface area contributed by atoms with E-state index in [0.29, 0.717) is 11.8 Å². The number of hydrogen-bond acceptors (Lipinski definition) is 5. The summed E-state index contributed by atoms with van der Waals surface area (Å²) in [6.45, 7) is 27.8. The van der Waals surface area contributed by atoms with E-state index in [1.54, 1.807) is 12.5 Å². The van der Waals surface area contributed by atoms with E-state index in [1.165, 1.54) is 25.4 Å². The van der Waals surface area contributed by atoms with Gasteiger partial charge in [0.2, 0.25) is 5.91 Å². The Bertz CT molecular complexity index is 1380. The van der Waals surface area contributed by atoms with Crippen molar-refractivity contribution in [2.24, 2.45) is 50.2 Å². The zero-order valence-electron chi connectivity index (χ0n) is 31.9. The third-order valence-electron chi connectivity index (χ3n) is 16.1. The van der Waals surface area contributed by atoms with Crippen LogP contribution in [-0.4, -0.2) is 43.3 Å². The molecule has 0 aromatic heterocycles. The van der Waals surface area contributed by atoms with Crippen molar-refractivity contribution in [2.45, 2.75) is 158 Å². The molecule has 7 heteroatoms. The number of hydrogen-bond donors (Lipinski definition) is 1. The van der Waals surface area contributed by atoms with E-state index in [1.807, 2.05) is 0 Å². The molecule has 0 bridgehead atoms. The number of fused-ring (bicyclic) bond motifs is 7. The Labute approximate surface area is 286 Å². The van der Waals surface area contributed by atoms with E-state index in [-0.39, 0.29) is 63.2 Å².